The normalized spacial score (nSPS) is 18.6. The highest BCUT2D eigenvalue weighted by Gasteiger charge is 2.31. The fourth-order valence-electron chi connectivity index (χ4n) is 5.98. The molecule has 2 fully saturated rings. The monoisotopic (exact) mass is 755 g/mol. The maximum absolute atomic E-state index is 13.8. The van der Waals surface area contributed by atoms with Crippen molar-refractivity contribution < 1.29 is 19.0 Å². The summed E-state index contributed by atoms with van der Waals surface area (Å²) in [5.41, 5.74) is 4.32. The summed E-state index contributed by atoms with van der Waals surface area (Å²) >= 11 is 7.04. The van der Waals surface area contributed by atoms with Crippen LogP contribution in [0.2, 0.25) is 0 Å². The number of halogens is 3. The predicted molar refractivity (Wildman–Crippen MR) is 186 cm³/mol. The Morgan fingerprint density at radius 3 is 2.30 bits per heavy atom. The number of carbonyl (C=O) groups excluding carboxylic acids is 1. The minimum atomic E-state index is -2.89. The van der Waals surface area contributed by atoms with Gasteiger partial charge in [0, 0.05) is 34.1 Å². The van der Waals surface area contributed by atoms with E-state index in [1.807, 2.05) is 60.7 Å². The van der Waals surface area contributed by atoms with Crippen LogP contribution in [0.5, 0.6) is 0 Å². The van der Waals surface area contributed by atoms with Crippen LogP contribution < -0.4 is 14.9 Å². The fraction of sp³-hybridized carbons (Fsp3) is 0.406. The molecule has 3 aromatic rings. The molecule has 0 aromatic heterocycles. The first kappa shape index (κ1) is 34.2. The summed E-state index contributed by atoms with van der Waals surface area (Å²) < 4.78 is 25.0. The van der Waals surface area contributed by atoms with Crippen LogP contribution in [0, 0.1) is 0 Å². The van der Waals surface area contributed by atoms with Crippen molar-refractivity contribution >= 4 is 66.6 Å². The molecule has 43 heavy (non-hydrogen) atoms. The molecule has 0 spiro atoms. The largest absolute Gasteiger partial charge is 0.390 e. The molecule has 5 N–H and O–H groups in total. The molecule has 1 amide bonds. The number of hydrogen-bond acceptors (Lipinski definition) is 6. The maximum atomic E-state index is 13.8. The highest BCUT2D eigenvalue weighted by atomic mass is 79.9. The predicted octanol–water partition coefficient (Wildman–Crippen LogP) is 7.66. The molecule has 11 heteroatoms. The van der Waals surface area contributed by atoms with Crippen LogP contribution in [-0.2, 0) is 13.0 Å². The van der Waals surface area contributed by atoms with E-state index < -0.39 is 22.9 Å². The Morgan fingerprint density at radius 2 is 1.65 bits per heavy atom. The van der Waals surface area contributed by atoms with Gasteiger partial charge in [0.25, 0.3) is 5.91 Å². The molecular formula is C32H40Br2ClN3O4S. The van der Waals surface area contributed by atoms with Crippen LogP contribution in [0.4, 0.5) is 5.69 Å². The number of amides is 1. The number of anilines is 1. The Balaban J connectivity index is 0.00000423. The van der Waals surface area contributed by atoms with Crippen molar-refractivity contribution in [3.63, 3.8) is 0 Å². The van der Waals surface area contributed by atoms with Crippen molar-refractivity contribution in [2.24, 2.45) is 0 Å². The van der Waals surface area contributed by atoms with E-state index in [0.717, 1.165) is 51.3 Å². The molecule has 1 saturated heterocycles. The Bertz CT molecular complexity index is 1360. The number of aliphatic hydroxyl groups is 1. The highest BCUT2D eigenvalue weighted by molar-refractivity contribution is 9.11. The number of carbonyl (C=O) groups is 1. The third-order valence-corrected chi connectivity index (χ3v) is 11.0. The molecule has 3 aromatic carbocycles. The zero-order chi connectivity index (χ0) is 29.7. The van der Waals surface area contributed by atoms with Gasteiger partial charge in [-0.05, 0) is 84.7 Å². The molecular weight excluding hydrogens is 718 g/mol. The van der Waals surface area contributed by atoms with E-state index >= 15 is 0 Å². The van der Waals surface area contributed by atoms with Crippen LogP contribution in [0.15, 0.2) is 75.7 Å². The Kier molecular flexibility index (Phi) is 12.4. The minimum Gasteiger partial charge on any atom is -0.390 e. The second kappa shape index (κ2) is 15.6. The quantitative estimate of drug-likeness (QED) is 0.138. The summed E-state index contributed by atoms with van der Waals surface area (Å²) in [4.78, 5) is 13.8. The third kappa shape index (κ3) is 9.20. The van der Waals surface area contributed by atoms with E-state index in [2.05, 4.69) is 42.5 Å². The SMILES string of the molecule is Cl.O=C(N[C@@H](Cc1ccccc1)[C@H](O)CNCc1cc(Br)cc(Br)c1)c1cc(C2CCCC2)cc(N2CCCS2(O)O)c1. The van der Waals surface area contributed by atoms with Crippen molar-refractivity contribution in [3.8, 4) is 0 Å². The maximum Gasteiger partial charge on any atom is 0.251 e. The van der Waals surface area contributed by atoms with E-state index in [1.54, 1.807) is 10.4 Å². The molecule has 5 rings (SSSR count). The fourth-order valence-corrected chi connectivity index (χ4v) is 8.97. The second-order valence-corrected chi connectivity index (χ2v) is 15.3. The van der Waals surface area contributed by atoms with E-state index in [0.29, 0.717) is 55.4 Å². The van der Waals surface area contributed by atoms with Crippen molar-refractivity contribution in [2.75, 3.05) is 23.1 Å². The smallest absolute Gasteiger partial charge is 0.251 e. The van der Waals surface area contributed by atoms with Crippen LogP contribution in [0.3, 0.4) is 0 Å². The van der Waals surface area contributed by atoms with Gasteiger partial charge in [-0.25, -0.2) is 0 Å². The van der Waals surface area contributed by atoms with Gasteiger partial charge in [0.15, 0.2) is 0 Å². The first-order chi connectivity index (χ1) is 20.2. The van der Waals surface area contributed by atoms with E-state index in [9.17, 15) is 19.0 Å². The van der Waals surface area contributed by atoms with Crippen LogP contribution in [0.1, 0.15) is 65.1 Å². The van der Waals surface area contributed by atoms with Gasteiger partial charge in [-0.15, -0.1) is 23.2 Å². The van der Waals surface area contributed by atoms with Crippen LogP contribution in [0.25, 0.3) is 0 Å². The summed E-state index contributed by atoms with van der Waals surface area (Å²) in [6.07, 6.45) is 4.78. The van der Waals surface area contributed by atoms with Crippen molar-refractivity contribution in [1.82, 2.24) is 10.6 Å². The minimum absolute atomic E-state index is 0. The summed E-state index contributed by atoms with van der Waals surface area (Å²) in [7, 11) is -2.89. The molecule has 0 radical (unpaired) electrons. The van der Waals surface area contributed by atoms with Gasteiger partial charge >= 0.3 is 0 Å². The molecule has 2 atom stereocenters. The van der Waals surface area contributed by atoms with Gasteiger partial charge in [0.1, 0.15) is 0 Å². The lowest BCUT2D eigenvalue weighted by molar-refractivity contribution is 0.0830. The van der Waals surface area contributed by atoms with E-state index in [-0.39, 0.29) is 18.3 Å². The third-order valence-electron chi connectivity index (χ3n) is 8.13. The molecule has 7 nitrogen and oxygen atoms in total. The molecule has 1 saturated carbocycles. The molecule has 1 aliphatic carbocycles. The van der Waals surface area contributed by atoms with Crippen LogP contribution in [-0.4, -0.2) is 51.1 Å². The van der Waals surface area contributed by atoms with E-state index in [4.69, 9.17) is 0 Å². The standard InChI is InChI=1S/C32H39Br2N3O4S.ClH/c33-27-13-23(14-28(34)19-27)20-35-21-31(38)30(15-22-7-2-1-3-8-22)36-32(39)26-16-25(24-9-4-5-10-24)17-29(18-26)37-11-6-12-42(37,40)41;/h1-3,7-8,13-14,16-19,24,30-31,35,38,40-41H,4-6,9-12,15,20-21H2,(H,36,39);1H/t30-,31+;/m0./s1. The van der Waals surface area contributed by atoms with Crippen molar-refractivity contribution in [2.45, 2.75) is 63.1 Å². The molecule has 234 valence electrons. The second-order valence-electron chi connectivity index (χ2n) is 11.3. The van der Waals surface area contributed by atoms with Gasteiger partial charge in [0.05, 0.1) is 23.6 Å². The molecule has 0 bridgehead atoms. The van der Waals surface area contributed by atoms with Gasteiger partial charge in [-0.2, -0.15) is 0 Å². The summed E-state index contributed by atoms with van der Waals surface area (Å²) in [6.45, 7) is 1.41. The Hall–Kier alpha value is -1.63. The van der Waals surface area contributed by atoms with Gasteiger partial charge in [0.2, 0.25) is 0 Å². The average Bonchev–Trinajstić information content (AvgIpc) is 3.62. The molecule has 1 aliphatic heterocycles. The first-order valence-corrected chi connectivity index (χ1v) is 17.8. The number of hydrogen-bond donors (Lipinski definition) is 5. The Labute approximate surface area is 279 Å². The topological polar surface area (TPSA) is 105 Å². The van der Waals surface area contributed by atoms with Crippen molar-refractivity contribution in [3.05, 3.63) is 97.9 Å². The number of nitrogens with zero attached hydrogens (tertiary/aromatic N) is 1. The van der Waals surface area contributed by atoms with Gasteiger partial charge in [-0.1, -0.05) is 75.0 Å². The lowest BCUT2D eigenvalue weighted by Gasteiger charge is -2.38. The van der Waals surface area contributed by atoms with E-state index in [1.165, 1.54) is 0 Å². The summed E-state index contributed by atoms with van der Waals surface area (Å²) in [5, 5.41) is 17.8. The molecule has 0 unspecified atom stereocenters. The van der Waals surface area contributed by atoms with Crippen molar-refractivity contribution in [1.29, 1.82) is 0 Å². The Morgan fingerprint density at radius 1 is 0.953 bits per heavy atom. The molecule has 1 heterocycles. The lowest BCUT2D eigenvalue weighted by atomic mass is 9.94. The number of rotatable bonds is 11. The van der Waals surface area contributed by atoms with Gasteiger partial charge < -0.3 is 15.7 Å². The van der Waals surface area contributed by atoms with Gasteiger partial charge in [-0.3, -0.25) is 18.2 Å². The number of aliphatic hydroxyl groups excluding tert-OH is 1. The zero-order valence-corrected chi connectivity index (χ0v) is 28.7. The highest BCUT2D eigenvalue weighted by Crippen LogP contribution is 2.51. The first-order valence-electron chi connectivity index (χ1n) is 14.5. The number of benzene rings is 3. The molecule has 2 aliphatic rings. The summed E-state index contributed by atoms with van der Waals surface area (Å²) in [6, 6.07) is 21.1. The average molecular weight is 758 g/mol. The summed E-state index contributed by atoms with van der Waals surface area (Å²) in [5.74, 6) is 0.425. The lowest BCUT2D eigenvalue weighted by Crippen LogP contribution is -2.48. The number of nitrogens with one attached hydrogen (secondary N) is 2. The zero-order valence-electron chi connectivity index (χ0n) is 23.9. The van der Waals surface area contributed by atoms with Crippen LogP contribution >= 0.6 is 55.0 Å².